The average Bonchev–Trinajstić information content (AvgIpc) is 2.70. The number of nitrogens with zero attached hydrogens (tertiary/aromatic N) is 5. The fraction of sp³-hybridized carbons (Fsp3) is 0.474. The predicted molar refractivity (Wildman–Crippen MR) is 102 cm³/mol. The van der Waals surface area contributed by atoms with Gasteiger partial charge in [0.15, 0.2) is 11.6 Å². The zero-order valence-corrected chi connectivity index (χ0v) is 15.4. The van der Waals surface area contributed by atoms with Gasteiger partial charge in [0.05, 0.1) is 0 Å². The molecule has 1 aliphatic heterocycles. The van der Waals surface area contributed by atoms with Gasteiger partial charge in [-0.15, -0.1) is 10.2 Å². The lowest BCUT2D eigenvalue weighted by Gasteiger charge is -2.36. The fourth-order valence-electron chi connectivity index (χ4n) is 3.18. The van der Waals surface area contributed by atoms with Gasteiger partial charge in [-0.1, -0.05) is 19.9 Å². The first-order chi connectivity index (χ1) is 12.7. The summed E-state index contributed by atoms with van der Waals surface area (Å²) in [6.07, 6.45) is 3.55. The molecular formula is C19H26N6O. The summed E-state index contributed by atoms with van der Waals surface area (Å²) in [7, 11) is 0. The molecule has 2 aromatic rings. The maximum Gasteiger partial charge on any atom is 0.225 e. The van der Waals surface area contributed by atoms with Gasteiger partial charge in [-0.2, -0.15) is 0 Å². The zero-order valence-electron chi connectivity index (χ0n) is 15.4. The highest BCUT2D eigenvalue weighted by Crippen LogP contribution is 2.18. The summed E-state index contributed by atoms with van der Waals surface area (Å²) in [6, 6.07) is 9.52. The highest BCUT2D eigenvalue weighted by molar-refractivity contribution is 5.79. The van der Waals surface area contributed by atoms with E-state index in [0.717, 1.165) is 50.7 Å². The van der Waals surface area contributed by atoms with E-state index in [1.807, 2.05) is 35.2 Å². The van der Waals surface area contributed by atoms with E-state index in [0.29, 0.717) is 5.82 Å². The lowest BCUT2D eigenvalue weighted by Crippen LogP contribution is -2.50. The van der Waals surface area contributed by atoms with E-state index >= 15 is 0 Å². The summed E-state index contributed by atoms with van der Waals surface area (Å²) in [4.78, 5) is 20.9. The van der Waals surface area contributed by atoms with E-state index in [4.69, 9.17) is 0 Å². The Kier molecular flexibility index (Phi) is 5.99. The van der Waals surface area contributed by atoms with E-state index < -0.39 is 0 Å². The minimum Gasteiger partial charge on any atom is -0.352 e. The second-order valence-electron chi connectivity index (χ2n) is 6.44. The molecule has 3 heterocycles. The van der Waals surface area contributed by atoms with Crippen molar-refractivity contribution in [2.75, 3.05) is 36.4 Å². The number of hydrogen-bond acceptors (Lipinski definition) is 6. The second-order valence-corrected chi connectivity index (χ2v) is 6.44. The van der Waals surface area contributed by atoms with Crippen LogP contribution >= 0.6 is 0 Å². The Labute approximate surface area is 154 Å². The van der Waals surface area contributed by atoms with Crippen molar-refractivity contribution in [1.82, 2.24) is 20.1 Å². The first-order valence-corrected chi connectivity index (χ1v) is 9.26. The molecule has 0 unspecified atom stereocenters. The number of nitrogens with one attached hydrogen (secondary N) is 1. The third-order valence-corrected chi connectivity index (χ3v) is 4.82. The minimum absolute atomic E-state index is 0.151. The van der Waals surface area contributed by atoms with Gasteiger partial charge in [0.2, 0.25) is 5.91 Å². The number of aromatic nitrogens is 3. The maximum atomic E-state index is 12.5. The standard InChI is InChI=1S/C19H26N6O/c1-3-15(4-2)19(26)25-13-11-24(12-14-25)18-9-8-17(22-23-18)21-16-7-5-6-10-20-16/h5-10,15H,3-4,11-14H2,1-2H3,(H,20,21,22). The first-order valence-electron chi connectivity index (χ1n) is 9.26. The smallest absolute Gasteiger partial charge is 0.225 e. The molecule has 0 bridgehead atoms. The van der Waals surface area contributed by atoms with E-state index in [1.165, 1.54) is 0 Å². The zero-order chi connectivity index (χ0) is 18.4. The largest absolute Gasteiger partial charge is 0.352 e. The number of piperazine rings is 1. The van der Waals surface area contributed by atoms with Crippen LogP contribution in [0.4, 0.5) is 17.5 Å². The van der Waals surface area contributed by atoms with Gasteiger partial charge in [-0.05, 0) is 37.1 Å². The van der Waals surface area contributed by atoms with Crippen molar-refractivity contribution in [3.8, 4) is 0 Å². The van der Waals surface area contributed by atoms with Crippen LogP contribution in [-0.4, -0.2) is 52.2 Å². The summed E-state index contributed by atoms with van der Waals surface area (Å²) in [6.45, 7) is 7.22. The van der Waals surface area contributed by atoms with Crippen molar-refractivity contribution in [2.45, 2.75) is 26.7 Å². The quantitative estimate of drug-likeness (QED) is 0.860. The molecule has 0 aromatic carbocycles. The van der Waals surface area contributed by atoms with Gasteiger partial charge in [-0.25, -0.2) is 4.98 Å². The van der Waals surface area contributed by atoms with Crippen LogP contribution in [-0.2, 0) is 4.79 Å². The number of amides is 1. The van der Waals surface area contributed by atoms with Crippen molar-refractivity contribution in [2.24, 2.45) is 5.92 Å². The molecule has 0 saturated carbocycles. The van der Waals surface area contributed by atoms with Gasteiger partial charge >= 0.3 is 0 Å². The molecule has 0 radical (unpaired) electrons. The van der Waals surface area contributed by atoms with Crippen LogP contribution in [0.25, 0.3) is 0 Å². The van der Waals surface area contributed by atoms with Crippen molar-refractivity contribution >= 4 is 23.4 Å². The highest BCUT2D eigenvalue weighted by atomic mass is 16.2. The molecule has 2 aromatic heterocycles. The highest BCUT2D eigenvalue weighted by Gasteiger charge is 2.26. The summed E-state index contributed by atoms with van der Waals surface area (Å²) in [5.41, 5.74) is 0. The monoisotopic (exact) mass is 354 g/mol. The number of rotatable bonds is 6. The van der Waals surface area contributed by atoms with Crippen molar-refractivity contribution in [3.63, 3.8) is 0 Å². The topological polar surface area (TPSA) is 74.2 Å². The number of anilines is 3. The Hall–Kier alpha value is -2.70. The van der Waals surface area contributed by atoms with Gasteiger partial charge in [0.25, 0.3) is 0 Å². The Morgan fingerprint density at radius 3 is 2.38 bits per heavy atom. The lowest BCUT2D eigenvalue weighted by atomic mass is 10.0. The first kappa shape index (κ1) is 18.1. The molecule has 1 amide bonds. The van der Waals surface area contributed by atoms with Crippen molar-refractivity contribution < 1.29 is 4.79 Å². The van der Waals surface area contributed by atoms with Gasteiger partial charge in [0, 0.05) is 38.3 Å². The van der Waals surface area contributed by atoms with E-state index in [-0.39, 0.29) is 11.8 Å². The molecule has 1 fully saturated rings. The van der Waals surface area contributed by atoms with Crippen LogP contribution in [0, 0.1) is 5.92 Å². The van der Waals surface area contributed by atoms with Crippen LogP contribution in [0.3, 0.4) is 0 Å². The Morgan fingerprint density at radius 1 is 1.04 bits per heavy atom. The van der Waals surface area contributed by atoms with Gasteiger partial charge in [0.1, 0.15) is 5.82 Å². The molecule has 26 heavy (non-hydrogen) atoms. The molecule has 3 rings (SSSR count). The molecule has 1 saturated heterocycles. The molecule has 7 nitrogen and oxygen atoms in total. The Bertz CT molecular complexity index is 694. The lowest BCUT2D eigenvalue weighted by molar-refractivity contribution is -0.136. The number of hydrogen-bond donors (Lipinski definition) is 1. The third kappa shape index (κ3) is 4.28. The SMILES string of the molecule is CCC(CC)C(=O)N1CCN(c2ccc(Nc3ccccn3)nn2)CC1. The van der Waals surface area contributed by atoms with E-state index in [9.17, 15) is 4.79 Å². The van der Waals surface area contributed by atoms with Crippen LogP contribution < -0.4 is 10.2 Å². The summed E-state index contributed by atoms with van der Waals surface area (Å²) >= 11 is 0. The predicted octanol–water partition coefficient (Wildman–Crippen LogP) is 2.70. The van der Waals surface area contributed by atoms with Crippen molar-refractivity contribution in [3.05, 3.63) is 36.5 Å². The summed E-state index contributed by atoms with van der Waals surface area (Å²) in [5, 5.41) is 11.7. The fourth-order valence-corrected chi connectivity index (χ4v) is 3.18. The number of pyridine rings is 1. The van der Waals surface area contributed by atoms with Gasteiger partial charge < -0.3 is 15.1 Å². The minimum atomic E-state index is 0.151. The molecule has 1 N–H and O–H groups in total. The normalized spacial score (nSPS) is 14.6. The summed E-state index contributed by atoms with van der Waals surface area (Å²) < 4.78 is 0. The second kappa shape index (κ2) is 8.60. The third-order valence-electron chi connectivity index (χ3n) is 4.82. The molecule has 0 atom stereocenters. The van der Waals surface area contributed by atoms with E-state index in [1.54, 1.807) is 6.20 Å². The molecule has 0 spiro atoms. The number of carbonyl (C=O) groups excluding carboxylic acids is 1. The average molecular weight is 354 g/mol. The molecule has 7 heteroatoms. The maximum absolute atomic E-state index is 12.5. The van der Waals surface area contributed by atoms with Crippen LogP contribution in [0.5, 0.6) is 0 Å². The number of carbonyl (C=O) groups is 1. The Balaban J connectivity index is 1.55. The van der Waals surface area contributed by atoms with Crippen molar-refractivity contribution in [1.29, 1.82) is 0 Å². The van der Waals surface area contributed by atoms with E-state index in [2.05, 4.69) is 39.2 Å². The van der Waals surface area contributed by atoms with Crippen LogP contribution in [0.15, 0.2) is 36.5 Å². The van der Waals surface area contributed by atoms with Gasteiger partial charge in [-0.3, -0.25) is 4.79 Å². The summed E-state index contributed by atoms with van der Waals surface area (Å²) in [5.74, 6) is 2.68. The Morgan fingerprint density at radius 2 is 1.81 bits per heavy atom. The molecule has 1 aliphatic rings. The van der Waals surface area contributed by atoms with Crippen LogP contribution in [0.2, 0.25) is 0 Å². The molecule has 0 aliphatic carbocycles. The van der Waals surface area contributed by atoms with Crippen LogP contribution in [0.1, 0.15) is 26.7 Å². The molecular weight excluding hydrogens is 328 g/mol. The molecule has 138 valence electrons.